The van der Waals surface area contributed by atoms with Crippen molar-refractivity contribution in [2.75, 3.05) is 13.1 Å². The van der Waals surface area contributed by atoms with E-state index in [4.69, 9.17) is 23.2 Å². The first-order chi connectivity index (χ1) is 5.57. The molecule has 0 unspecified atom stereocenters. The average Bonchev–Trinajstić information content (AvgIpc) is 1.96. The number of hydrogen-bond donors (Lipinski definition) is 1. The molecule has 0 saturated carbocycles. The fourth-order valence-corrected chi connectivity index (χ4v) is 1.08. The van der Waals surface area contributed by atoms with Gasteiger partial charge in [0.05, 0.1) is 12.5 Å². The first-order valence-electron chi connectivity index (χ1n) is 3.99. The molecule has 3 nitrogen and oxygen atoms in total. The van der Waals surface area contributed by atoms with Crippen LogP contribution in [0.3, 0.4) is 0 Å². The minimum absolute atomic E-state index is 0.388. The molecular formula is C8H15N3S. The van der Waals surface area contributed by atoms with Crippen molar-refractivity contribution in [1.29, 1.82) is 5.26 Å². The molecule has 0 spiro atoms. The van der Waals surface area contributed by atoms with Crippen molar-refractivity contribution in [3.05, 3.63) is 0 Å². The highest BCUT2D eigenvalue weighted by Gasteiger charge is 2.07. The number of nitriles is 1. The van der Waals surface area contributed by atoms with E-state index in [2.05, 4.69) is 19.9 Å². The largest absolute Gasteiger partial charge is 0.376 e. The lowest BCUT2D eigenvalue weighted by molar-refractivity contribution is 0.374. The highest BCUT2D eigenvalue weighted by atomic mass is 32.1. The van der Waals surface area contributed by atoms with Crippen LogP contribution in [0.25, 0.3) is 0 Å². The summed E-state index contributed by atoms with van der Waals surface area (Å²) < 4.78 is 0. The topological polar surface area (TPSA) is 53.0 Å². The van der Waals surface area contributed by atoms with Gasteiger partial charge in [0.1, 0.15) is 0 Å². The zero-order valence-electron chi connectivity index (χ0n) is 7.58. The summed E-state index contributed by atoms with van der Waals surface area (Å²) in [5.74, 6) is 0.519. The molecule has 0 fully saturated rings. The fraction of sp³-hybridized carbons (Fsp3) is 0.750. The van der Waals surface area contributed by atoms with Gasteiger partial charge in [-0.3, -0.25) is 0 Å². The molecule has 4 heteroatoms. The Labute approximate surface area is 79.1 Å². The van der Waals surface area contributed by atoms with Gasteiger partial charge in [0, 0.05) is 13.1 Å². The Hall–Kier alpha value is -0.820. The Balaban J connectivity index is 3.89. The summed E-state index contributed by atoms with van der Waals surface area (Å²) in [4.78, 5) is 1.86. The van der Waals surface area contributed by atoms with E-state index in [1.54, 1.807) is 0 Å². The lowest BCUT2D eigenvalue weighted by atomic mass is 10.2. The molecule has 0 aromatic heterocycles. The Morgan fingerprint density at radius 3 is 2.58 bits per heavy atom. The van der Waals surface area contributed by atoms with E-state index in [1.807, 2.05) is 4.90 Å². The first-order valence-corrected chi connectivity index (χ1v) is 4.40. The number of nitrogens with zero attached hydrogens (tertiary/aromatic N) is 2. The van der Waals surface area contributed by atoms with Crippen LogP contribution in [-0.2, 0) is 0 Å². The summed E-state index contributed by atoms with van der Waals surface area (Å²) >= 11 is 4.84. The molecule has 0 saturated heterocycles. The average molecular weight is 185 g/mol. The second-order valence-corrected chi connectivity index (χ2v) is 3.50. The van der Waals surface area contributed by atoms with Crippen LogP contribution in [-0.4, -0.2) is 23.1 Å². The summed E-state index contributed by atoms with van der Waals surface area (Å²) in [6, 6.07) is 2.07. The van der Waals surface area contributed by atoms with Crippen LogP contribution in [0, 0.1) is 17.2 Å². The molecule has 0 aromatic carbocycles. The summed E-state index contributed by atoms with van der Waals surface area (Å²) in [6.07, 6.45) is 0.476. The fourth-order valence-electron chi connectivity index (χ4n) is 0.917. The van der Waals surface area contributed by atoms with Crippen molar-refractivity contribution in [1.82, 2.24) is 4.90 Å². The third-order valence-electron chi connectivity index (χ3n) is 1.39. The summed E-state index contributed by atoms with van der Waals surface area (Å²) in [7, 11) is 0. The maximum Gasteiger partial charge on any atom is 0.166 e. The number of thiocarbonyl (C=S) groups is 1. The zero-order chi connectivity index (χ0) is 9.56. The van der Waals surface area contributed by atoms with Crippen LogP contribution >= 0.6 is 12.2 Å². The van der Waals surface area contributed by atoms with Crippen LogP contribution in [0.4, 0.5) is 0 Å². The van der Waals surface area contributed by atoms with E-state index in [1.165, 1.54) is 0 Å². The second kappa shape index (κ2) is 5.78. The summed E-state index contributed by atoms with van der Waals surface area (Å²) in [6.45, 7) is 5.66. The van der Waals surface area contributed by atoms with E-state index in [0.717, 1.165) is 6.54 Å². The van der Waals surface area contributed by atoms with Crippen molar-refractivity contribution in [3.8, 4) is 6.07 Å². The SMILES string of the molecule is CC(C)CN(CCC#N)C(N)=S. The molecule has 0 aromatic rings. The van der Waals surface area contributed by atoms with Crippen LogP contribution in [0.2, 0.25) is 0 Å². The molecule has 2 N–H and O–H groups in total. The molecule has 68 valence electrons. The quantitative estimate of drug-likeness (QED) is 0.666. The van der Waals surface area contributed by atoms with Crippen molar-refractivity contribution in [3.63, 3.8) is 0 Å². The summed E-state index contributed by atoms with van der Waals surface area (Å²) in [5.41, 5.74) is 5.47. The van der Waals surface area contributed by atoms with E-state index in [9.17, 15) is 0 Å². The Kier molecular flexibility index (Phi) is 5.39. The van der Waals surface area contributed by atoms with Crippen LogP contribution < -0.4 is 5.73 Å². The Morgan fingerprint density at radius 1 is 1.67 bits per heavy atom. The summed E-state index contributed by atoms with van der Waals surface area (Å²) in [5, 5.41) is 8.76. The van der Waals surface area contributed by atoms with Crippen molar-refractivity contribution >= 4 is 17.3 Å². The Bertz CT molecular complexity index is 183. The van der Waals surface area contributed by atoms with E-state index >= 15 is 0 Å². The molecule has 0 bridgehead atoms. The number of rotatable bonds is 4. The maximum absolute atomic E-state index is 8.37. The van der Waals surface area contributed by atoms with Gasteiger partial charge in [-0.25, -0.2) is 0 Å². The monoisotopic (exact) mass is 185 g/mol. The molecule has 0 radical (unpaired) electrons. The van der Waals surface area contributed by atoms with Crippen molar-refractivity contribution in [2.24, 2.45) is 11.7 Å². The predicted molar refractivity (Wildman–Crippen MR) is 53.4 cm³/mol. The normalized spacial score (nSPS) is 9.50. The van der Waals surface area contributed by atoms with Gasteiger partial charge in [-0.05, 0) is 18.1 Å². The maximum atomic E-state index is 8.37. The number of nitrogens with two attached hydrogens (primary N) is 1. The van der Waals surface area contributed by atoms with Crippen molar-refractivity contribution < 1.29 is 0 Å². The van der Waals surface area contributed by atoms with Crippen LogP contribution in [0.15, 0.2) is 0 Å². The molecule has 12 heavy (non-hydrogen) atoms. The van der Waals surface area contributed by atoms with Gasteiger partial charge in [0.25, 0.3) is 0 Å². The minimum Gasteiger partial charge on any atom is -0.376 e. The standard InChI is InChI=1S/C8H15N3S/c1-7(2)6-11(8(10)12)5-3-4-9/h7H,3,5-6H2,1-2H3,(H2,10,12). The van der Waals surface area contributed by atoms with Crippen molar-refractivity contribution in [2.45, 2.75) is 20.3 Å². The Morgan fingerprint density at radius 2 is 2.25 bits per heavy atom. The lowest BCUT2D eigenvalue weighted by Gasteiger charge is -2.23. The third kappa shape index (κ3) is 4.91. The molecule has 0 rings (SSSR count). The molecule has 0 aliphatic carbocycles. The molecule has 0 amide bonds. The smallest absolute Gasteiger partial charge is 0.166 e. The predicted octanol–water partition coefficient (Wildman–Crippen LogP) is 1.10. The molecular weight excluding hydrogens is 170 g/mol. The van der Waals surface area contributed by atoms with Gasteiger partial charge >= 0.3 is 0 Å². The number of hydrogen-bond acceptors (Lipinski definition) is 2. The first kappa shape index (κ1) is 11.2. The van der Waals surface area contributed by atoms with Gasteiger partial charge in [-0.15, -0.1) is 0 Å². The third-order valence-corrected chi connectivity index (χ3v) is 1.65. The van der Waals surface area contributed by atoms with Crippen LogP contribution in [0.1, 0.15) is 20.3 Å². The second-order valence-electron chi connectivity index (χ2n) is 3.09. The van der Waals surface area contributed by atoms with Gasteiger partial charge < -0.3 is 10.6 Å². The molecule has 0 atom stereocenters. The lowest BCUT2D eigenvalue weighted by Crippen LogP contribution is -2.38. The van der Waals surface area contributed by atoms with Crippen LogP contribution in [0.5, 0.6) is 0 Å². The van der Waals surface area contributed by atoms with Gasteiger partial charge in [0.15, 0.2) is 5.11 Å². The van der Waals surface area contributed by atoms with E-state index in [-0.39, 0.29) is 0 Å². The zero-order valence-corrected chi connectivity index (χ0v) is 8.40. The molecule has 0 aliphatic rings. The van der Waals surface area contributed by atoms with Gasteiger partial charge in [0.2, 0.25) is 0 Å². The molecule has 0 heterocycles. The minimum atomic E-state index is 0.388. The van der Waals surface area contributed by atoms with Gasteiger partial charge in [-0.2, -0.15) is 5.26 Å². The van der Waals surface area contributed by atoms with Gasteiger partial charge in [-0.1, -0.05) is 13.8 Å². The highest BCUT2D eigenvalue weighted by molar-refractivity contribution is 7.80. The molecule has 0 aliphatic heterocycles. The van der Waals surface area contributed by atoms with E-state index in [0.29, 0.717) is 24.0 Å². The van der Waals surface area contributed by atoms with E-state index < -0.39 is 0 Å². The highest BCUT2D eigenvalue weighted by Crippen LogP contribution is 1.99.